The molecule has 0 atom stereocenters. The fourth-order valence-electron chi connectivity index (χ4n) is 0.521. The van der Waals surface area contributed by atoms with Crippen LogP contribution in [-0.2, 0) is 0 Å². The largest absolute Gasteiger partial charge is 0.412 e. The molecule has 8 heavy (non-hydrogen) atoms. The van der Waals surface area contributed by atoms with Gasteiger partial charge in [-0.15, -0.1) is 11.6 Å². The van der Waals surface area contributed by atoms with Crippen LogP contribution in [0, 0.1) is 0 Å². The molecule has 0 aromatic rings. The molecule has 0 aromatic heterocycles. The van der Waals surface area contributed by atoms with E-state index >= 15 is 0 Å². The van der Waals surface area contributed by atoms with E-state index in [-0.39, 0.29) is 5.48 Å². The number of unbranched alkanes of at least 4 members (excludes halogenated alkanes) is 3. The van der Waals surface area contributed by atoms with E-state index < -0.39 is 0 Å². The predicted molar refractivity (Wildman–Crippen MR) is 38.5 cm³/mol. The molecule has 2 heteroatoms. The Hall–Kier alpha value is 0.250. The molecule has 0 aliphatic heterocycles. The Kier molecular flexibility index (Phi) is 14.3. The van der Waals surface area contributed by atoms with Gasteiger partial charge in [0.1, 0.15) is 0 Å². The Morgan fingerprint density at radius 3 is 2.12 bits per heavy atom. The zero-order valence-corrected chi connectivity index (χ0v) is 6.17. The molecule has 0 aliphatic rings. The molecular weight excluding hydrogens is 124 g/mol. The van der Waals surface area contributed by atoms with Gasteiger partial charge in [-0.2, -0.15) is 0 Å². The summed E-state index contributed by atoms with van der Waals surface area (Å²) in [5.41, 5.74) is 0. The fourth-order valence-corrected chi connectivity index (χ4v) is 0.710. The molecule has 0 rings (SSSR count). The summed E-state index contributed by atoms with van der Waals surface area (Å²) in [4.78, 5) is 0. The van der Waals surface area contributed by atoms with Crippen LogP contribution in [0.4, 0.5) is 0 Å². The first-order valence-electron chi connectivity index (χ1n) is 2.97. The molecule has 52 valence electrons. The van der Waals surface area contributed by atoms with Gasteiger partial charge in [-0.3, -0.25) is 0 Å². The third-order valence-corrected chi connectivity index (χ3v) is 1.25. The third kappa shape index (κ3) is 9.54. The van der Waals surface area contributed by atoms with Gasteiger partial charge in [0.25, 0.3) is 0 Å². The molecule has 0 saturated heterocycles. The minimum Gasteiger partial charge on any atom is -0.412 e. The first-order chi connectivity index (χ1) is 3.41. The van der Waals surface area contributed by atoms with Crippen LogP contribution >= 0.6 is 11.6 Å². The summed E-state index contributed by atoms with van der Waals surface area (Å²) in [6.07, 6.45) is 5.14. The minimum atomic E-state index is 0. The summed E-state index contributed by atoms with van der Waals surface area (Å²) in [5.74, 6) is 0.833. The predicted octanol–water partition coefficient (Wildman–Crippen LogP) is 1.98. The van der Waals surface area contributed by atoms with Gasteiger partial charge in [0.05, 0.1) is 0 Å². The van der Waals surface area contributed by atoms with Crippen LogP contribution < -0.4 is 0 Å². The first kappa shape index (κ1) is 11.1. The number of hydrogen-bond donors (Lipinski definition) is 0. The van der Waals surface area contributed by atoms with Gasteiger partial charge in [0, 0.05) is 5.88 Å². The second-order valence-corrected chi connectivity index (χ2v) is 2.13. The summed E-state index contributed by atoms with van der Waals surface area (Å²) in [6.45, 7) is 2.20. The van der Waals surface area contributed by atoms with Gasteiger partial charge in [-0.05, 0) is 6.42 Å². The summed E-state index contributed by atoms with van der Waals surface area (Å²) >= 11 is 5.44. The topological polar surface area (TPSA) is 31.5 Å². The van der Waals surface area contributed by atoms with Crippen molar-refractivity contribution in [3.05, 3.63) is 0 Å². The van der Waals surface area contributed by atoms with Gasteiger partial charge < -0.3 is 5.48 Å². The lowest BCUT2D eigenvalue weighted by Crippen LogP contribution is -1.74. The first-order valence-corrected chi connectivity index (χ1v) is 3.51. The molecular formula is C6H15ClO. The van der Waals surface area contributed by atoms with E-state index in [1.165, 1.54) is 25.7 Å². The molecule has 0 heterocycles. The van der Waals surface area contributed by atoms with Gasteiger partial charge >= 0.3 is 0 Å². The van der Waals surface area contributed by atoms with Crippen LogP contribution in [-0.4, -0.2) is 11.4 Å². The van der Waals surface area contributed by atoms with Crippen molar-refractivity contribution in [2.75, 3.05) is 5.88 Å². The van der Waals surface area contributed by atoms with Crippen molar-refractivity contribution >= 4 is 11.6 Å². The van der Waals surface area contributed by atoms with Crippen LogP contribution in [0.2, 0.25) is 0 Å². The van der Waals surface area contributed by atoms with Gasteiger partial charge in [-0.1, -0.05) is 26.2 Å². The zero-order chi connectivity index (χ0) is 5.54. The van der Waals surface area contributed by atoms with Gasteiger partial charge in [-0.25, -0.2) is 0 Å². The third-order valence-electron chi connectivity index (χ3n) is 0.987. The van der Waals surface area contributed by atoms with E-state index in [0.29, 0.717) is 0 Å². The quantitative estimate of drug-likeness (QED) is 0.420. The van der Waals surface area contributed by atoms with E-state index in [2.05, 4.69) is 6.92 Å². The normalized spacial score (nSPS) is 8.25. The fraction of sp³-hybridized carbons (Fsp3) is 1.00. The zero-order valence-electron chi connectivity index (χ0n) is 5.41. The maximum Gasteiger partial charge on any atom is 0.0223 e. The monoisotopic (exact) mass is 138 g/mol. The second-order valence-electron chi connectivity index (χ2n) is 1.75. The van der Waals surface area contributed by atoms with Gasteiger partial charge in [0.15, 0.2) is 0 Å². The molecule has 0 bridgehead atoms. The highest BCUT2D eigenvalue weighted by atomic mass is 35.5. The summed E-state index contributed by atoms with van der Waals surface area (Å²) in [5, 5.41) is 0. The van der Waals surface area contributed by atoms with E-state index in [1.54, 1.807) is 0 Å². The molecule has 0 fully saturated rings. The van der Waals surface area contributed by atoms with Gasteiger partial charge in [0.2, 0.25) is 0 Å². The van der Waals surface area contributed by atoms with Crippen molar-refractivity contribution < 1.29 is 5.48 Å². The average molecular weight is 139 g/mol. The molecule has 1 nitrogen and oxygen atoms in total. The number of rotatable bonds is 4. The number of hydrogen-bond acceptors (Lipinski definition) is 0. The Labute approximate surface area is 56.3 Å². The maximum absolute atomic E-state index is 5.44. The summed E-state index contributed by atoms with van der Waals surface area (Å²) in [7, 11) is 0. The smallest absolute Gasteiger partial charge is 0.0223 e. The molecule has 0 radical (unpaired) electrons. The van der Waals surface area contributed by atoms with Crippen LogP contribution in [0.25, 0.3) is 0 Å². The molecule has 0 saturated carbocycles. The van der Waals surface area contributed by atoms with Crippen LogP contribution in [0.3, 0.4) is 0 Å². The highest BCUT2D eigenvalue weighted by molar-refractivity contribution is 6.17. The van der Waals surface area contributed by atoms with E-state index in [9.17, 15) is 0 Å². The Morgan fingerprint density at radius 1 is 1.12 bits per heavy atom. The Morgan fingerprint density at radius 2 is 1.75 bits per heavy atom. The molecule has 0 aliphatic carbocycles. The summed E-state index contributed by atoms with van der Waals surface area (Å²) < 4.78 is 0. The lowest BCUT2D eigenvalue weighted by atomic mass is 10.2. The van der Waals surface area contributed by atoms with Crippen molar-refractivity contribution in [2.24, 2.45) is 0 Å². The van der Waals surface area contributed by atoms with Crippen LogP contribution in [0.5, 0.6) is 0 Å². The standard InChI is InChI=1S/C6H13Cl.H2O/c1-2-3-4-5-6-7;/h2-6H2,1H3;1H2. The van der Waals surface area contributed by atoms with Crippen LogP contribution in [0.15, 0.2) is 0 Å². The van der Waals surface area contributed by atoms with Crippen molar-refractivity contribution in [2.45, 2.75) is 32.6 Å². The van der Waals surface area contributed by atoms with Crippen molar-refractivity contribution in [3.63, 3.8) is 0 Å². The van der Waals surface area contributed by atoms with Crippen LogP contribution in [0.1, 0.15) is 32.6 Å². The highest BCUT2D eigenvalue weighted by Gasteiger charge is 1.81. The minimum absolute atomic E-state index is 0. The molecule has 0 spiro atoms. The second kappa shape index (κ2) is 10.3. The molecule has 0 aromatic carbocycles. The van der Waals surface area contributed by atoms with E-state index in [4.69, 9.17) is 11.6 Å². The summed E-state index contributed by atoms with van der Waals surface area (Å²) in [6, 6.07) is 0. The number of halogens is 1. The SMILES string of the molecule is CCCCCCCl.O. The lowest BCUT2D eigenvalue weighted by molar-refractivity contribution is 0.705. The Bertz CT molecular complexity index is 27.7. The van der Waals surface area contributed by atoms with Crippen molar-refractivity contribution in [3.8, 4) is 0 Å². The highest BCUT2D eigenvalue weighted by Crippen LogP contribution is 1.98. The van der Waals surface area contributed by atoms with E-state index in [0.717, 1.165) is 5.88 Å². The van der Waals surface area contributed by atoms with Crippen molar-refractivity contribution in [1.82, 2.24) is 0 Å². The average Bonchev–Trinajstić information content (AvgIpc) is 1.69. The molecule has 0 unspecified atom stereocenters. The molecule has 0 amide bonds. The number of alkyl halides is 1. The van der Waals surface area contributed by atoms with E-state index in [1.807, 2.05) is 0 Å². The van der Waals surface area contributed by atoms with Crippen molar-refractivity contribution in [1.29, 1.82) is 0 Å². The molecule has 2 N–H and O–H groups in total. The maximum atomic E-state index is 5.44. The lowest BCUT2D eigenvalue weighted by Gasteiger charge is -1.89. The Balaban J connectivity index is 0.